The van der Waals surface area contributed by atoms with Crippen molar-refractivity contribution in [2.45, 2.75) is 26.2 Å². The molecule has 2 aromatic rings. The van der Waals surface area contributed by atoms with Gasteiger partial charge < -0.3 is 9.84 Å². The van der Waals surface area contributed by atoms with Crippen LogP contribution in [-0.4, -0.2) is 21.0 Å². The van der Waals surface area contributed by atoms with Crippen LogP contribution in [0.25, 0.3) is 0 Å². The van der Waals surface area contributed by atoms with E-state index in [0.717, 1.165) is 5.56 Å². The molecule has 0 aliphatic carbocycles. The molecule has 104 valence electrons. The van der Waals surface area contributed by atoms with Crippen molar-refractivity contribution in [2.24, 2.45) is 0 Å². The number of benzene rings is 1. The van der Waals surface area contributed by atoms with Gasteiger partial charge in [-0.05, 0) is 23.1 Å². The molecule has 5 heteroatoms. The van der Waals surface area contributed by atoms with Crippen molar-refractivity contribution in [3.05, 3.63) is 47.8 Å². The van der Waals surface area contributed by atoms with Crippen LogP contribution < -0.4 is 4.74 Å². The second-order valence-electron chi connectivity index (χ2n) is 5.44. The fourth-order valence-corrected chi connectivity index (χ4v) is 1.61. The summed E-state index contributed by atoms with van der Waals surface area (Å²) >= 11 is 0. The predicted molar refractivity (Wildman–Crippen MR) is 74.2 cm³/mol. The van der Waals surface area contributed by atoms with Gasteiger partial charge >= 0.3 is 12.0 Å². The molecule has 0 aliphatic rings. The lowest BCUT2D eigenvalue weighted by Gasteiger charge is -2.19. The lowest BCUT2D eigenvalue weighted by Crippen LogP contribution is -2.10. The number of hydrogen-bond donors (Lipinski definition) is 1. The number of aromatic nitrogens is 2. The van der Waals surface area contributed by atoms with Gasteiger partial charge in [0.25, 0.3) is 0 Å². The summed E-state index contributed by atoms with van der Waals surface area (Å²) < 4.78 is 5.53. The summed E-state index contributed by atoms with van der Waals surface area (Å²) in [5, 5.41) is 8.77. The zero-order chi connectivity index (χ0) is 14.8. The Labute approximate surface area is 117 Å². The van der Waals surface area contributed by atoms with Crippen LogP contribution in [0, 0.1) is 0 Å². The van der Waals surface area contributed by atoms with Crippen LogP contribution in [0.2, 0.25) is 0 Å². The molecule has 1 aromatic carbocycles. The molecule has 1 heterocycles. The third-order valence-corrected chi connectivity index (χ3v) is 2.78. The Kier molecular flexibility index (Phi) is 3.70. The van der Waals surface area contributed by atoms with Gasteiger partial charge in [0.2, 0.25) is 0 Å². The third-order valence-electron chi connectivity index (χ3n) is 2.78. The molecule has 0 spiro atoms. The zero-order valence-corrected chi connectivity index (χ0v) is 11.6. The molecule has 2 rings (SSSR count). The summed E-state index contributed by atoms with van der Waals surface area (Å²) in [6.45, 7) is 6.35. The first-order chi connectivity index (χ1) is 9.36. The molecule has 0 aliphatic heterocycles. The summed E-state index contributed by atoms with van der Waals surface area (Å²) in [6.07, 6.45) is 2.44. The SMILES string of the molecule is CC(C)(C)c1cccc(Oc2ncc(C(=O)O)cn2)c1. The van der Waals surface area contributed by atoms with Gasteiger partial charge in [0.05, 0.1) is 5.56 Å². The summed E-state index contributed by atoms with van der Waals surface area (Å²) in [6, 6.07) is 7.79. The molecule has 0 amide bonds. The highest BCUT2D eigenvalue weighted by molar-refractivity contribution is 5.86. The lowest BCUT2D eigenvalue weighted by molar-refractivity contribution is 0.0696. The molecule has 0 atom stereocenters. The van der Waals surface area contributed by atoms with Gasteiger partial charge in [-0.25, -0.2) is 14.8 Å². The van der Waals surface area contributed by atoms with E-state index in [4.69, 9.17) is 9.84 Å². The van der Waals surface area contributed by atoms with Crippen molar-refractivity contribution in [2.75, 3.05) is 0 Å². The van der Waals surface area contributed by atoms with Gasteiger partial charge in [-0.2, -0.15) is 0 Å². The average Bonchev–Trinajstić information content (AvgIpc) is 2.38. The number of aromatic carboxylic acids is 1. The number of nitrogens with zero attached hydrogens (tertiary/aromatic N) is 2. The van der Waals surface area contributed by atoms with E-state index in [0.29, 0.717) is 5.75 Å². The minimum atomic E-state index is -1.06. The van der Waals surface area contributed by atoms with E-state index in [-0.39, 0.29) is 17.0 Å². The first-order valence-corrected chi connectivity index (χ1v) is 6.20. The molecule has 5 nitrogen and oxygen atoms in total. The molecule has 0 fully saturated rings. The second-order valence-corrected chi connectivity index (χ2v) is 5.44. The topological polar surface area (TPSA) is 72.3 Å². The fraction of sp³-hybridized carbons (Fsp3) is 0.267. The smallest absolute Gasteiger partial charge is 0.338 e. The van der Waals surface area contributed by atoms with E-state index in [1.807, 2.05) is 24.3 Å². The second kappa shape index (κ2) is 5.28. The first-order valence-electron chi connectivity index (χ1n) is 6.20. The summed E-state index contributed by atoms with van der Waals surface area (Å²) in [5.74, 6) is -0.438. The summed E-state index contributed by atoms with van der Waals surface area (Å²) in [7, 11) is 0. The third kappa shape index (κ3) is 3.32. The molecule has 0 radical (unpaired) electrons. The maximum Gasteiger partial charge on any atom is 0.338 e. The quantitative estimate of drug-likeness (QED) is 0.928. The molecule has 0 saturated heterocycles. The van der Waals surface area contributed by atoms with Crippen LogP contribution in [0.15, 0.2) is 36.7 Å². The van der Waals surface area contributed by atoms with Crippen molar-refractivity contribution in [3.8, 4) is 11.8 Å². The van der Waals surface area contributed by atoms with Gasteiger partial charge in [-0.3, -0.25) is 0 Å². The van der Waals surface area contributed by atoms with E-state index in [2.05, 4.69) is 30.7 Å². The maximum atomic E-state index is 10.7. The molecular weight excluding hydrogens is 256 g/mol. The lowest BCUT2D eigenvalue weighted by atomic mass is 9.87. The Morgan fingerprint density at radius 1 is 1.20 bits per heavy atom. The normalized spacial score (nSPS) is 11.2. The zero-order valence-electron chi connectivity index (χ0n) is 11.6. The van der Waals surface area contributed by atoms with Gasteiger partial charge in [0.15, 0.2) is 0 Å². The highest BCUT2D eigenvalue weighted by Gasteiger charge is 2.14. The summed E-state index contributed by atoms with van der Waals surface area (Å²) in [5.41, 5.74) is 1.19. The highest BCUT2D eigenvalue weighted by Crippen LogP contribution is 2.27. The van der Waals surface area contributed by atoms with Crippen LogP contribution in [-0.2, 0) is 5.41 Å². The highest BCUT2D eigenvalue weighted by atomic mass is 16.5. The molecule has 1 N–H and O–H groups in total. The minimum absolute atomic E-state index is 0.0212. The molecule has 20 heavy (non-hydrogen) atoms. The summed E-state index contributed by atoms with van der Waals surface area (Å²) in [4.78, 5) is 18.5. The van der Waals surface area contributed by atoms with Crippen LogP contribution in [0.4, 0.5) is 0 Å². The molecule has 0 saturated carbocycles. The van der Waals surface area contributed by atoms with Crippen LogP contribution >= 0.6 is 0 Å². The van der Waals surface area contributed by atoms with E-state index in [1.165, 1.54) is 12.4 Å². The predicted octanol–water partition coefficient (Wildman–Crippen LogP) is 3.26. The Morgan fingerprint density at radius 3 is 2.40 bits per heavy atom. The average molecular weight is 272 g/mol. The van der Waals surface area contributed by atoms with Crippen LogP contribution in [0.5, 0.6) is 11.8 Å². The van der Waals surface area contributed by atoms with E-state index in [9.17, 15) is 4.79 Å². The van der Waals surface area contributed by atoms with E-state index >= 15 is 0 Å². The van der Waals surface area contributed by atoms with Crippen molar-refractivity contribution in [1.82, 2.24) is 9.97 Å². The Bertz CT molecular complexity index is 616. The Hall–Kier alpha value is -2.43. The minimum Gasteiger partial charge on any atom is -0.478 e. The van der Waals surface area contributed by atoms with Gasteiger partial charge in [-0.1, -0.05) is 32.9 Å². The fourth-order valence-electron chi connectivity index (χ4n) is 1.61. The Morgan fingerprint density at radius 2 is 1.85 bits per heavy atom. The van der Waals surface area contributed by atoms with E-state index in [1.54, 1.807) is 0 Å². The Balaban J connectivity index is 2.20. The van der Waals surface area contributed by atoms with Crippen molar-refractivity contribution < 1.29 is 14.6 Å². The number of carboxylic acid groups (broad SMARTS) is 1. The number of carbonyl (C=O) groups is 1. The van der Waals surface area contributed by atoms with Crippen LogP contribution in [0.3, 0.4) is 0 Å². The van der Waals surface area contributed by atoms with Crippen molar-refractivity contribution in [1.29, 1.82) is 0 Å². The number of hydrogen-bond acceptors (Lipinski definition) is 4. The standard InChI is InChI=1S/C15H16N2O3/c1-15(2,3)11-5-4-6-12(7-11)20-14-16-8-10(9-17-14)13(18)19/h4-9H,1-3H3,(H,18,19). The van der Waals surface area contributed by atoms with Crippen LogP contribution in [0.1, 0.15) is 36.7 Å². The monoisotopic (exact) mass is 272 g/mol. The molecule has 0 unspecified atom stereocenters. The molecule has 0 bridgehead atoms. The number of rotatable bonds is 3. The number of carboxylic acids is 1. The number of ether oxygens (including phenoxy) is 1. The largest absolute Gasteiger partial charge is 0.478 e. The van der Waals surface area contributed by atoms with E-state index < -0.39 is 5.97 Å². The van der Waals surface area contributed by atoms with Gasteiger partial charge in [0, 0.05) is 12.4 Å². The maximum absolute atomic E-state index is 10.7. The molecular formula is C15H16N2O3. The first kappa shape index (κ1) is 14.0. The molecule has 1 aromatic heterocycles. The van der Waals surface area contributed by atoms with Gasteiger partial charge in [0.1, 0.15) is 5.75 Å². The van der Waals surface area contributed by atoms with Gasteiger partial charge in [-0.15, -0.1) is 0 Å². The van der Waals surface area contributed by atoms with Crippen molar-refractivity contribution in [3.63, 3.8) is 0 Å². The van der Waals surface area contributed by atoms with Crippen molar-refractivity contribution >= 4 is 5.97 Å².